The summed E-state index contributed by atoms with van der Waals surface area (Å²) in [7, 11) is 0. The predicted octanol–water partition coefficient (Wildman–Crippen LogP) is 3.46. The Kier molecular flexibility index (Phi) is 3.68. The number of rotatable bonds is 3. The van der Waals surface area contributed by atoms with E-state index < -0.39 is 11.9 Å². The highest BCUT2D eigenvalue weighted by atomic mass is 16.5. The second-order valence-corrected chi connectivity index (χ2v) is 4.87. The molecule has 3 aromatic carbocycles. The van der Waals surface area contributed by atoms with Gasteiger partial charge < -0.3 is 14.9 Å². The third-order valence-electron chi connectivity index (χ3n) is 3.41. The minimum absolute atomic E-state index is 0.0709. The fourth-order valence-electron chi connectivity index (χ4n) is 2.40. The van der Waals surface area contributed by atoms with Gasteiger partial charge in [0.1, 0.15) is 17.1 Å². The first-order chi connectivity index (χ1) is 11.1. The number of phenolic OH excluding ortho intramolecular Hbond substituents is 1. The molecule has 3 aromatic rings. The van der Waals surface area contributed by atoms with Crippen LogP contribution in [0.2, 0.25) is 0 Å². The number of hydrogen-bond acceptors (Lipinski definition) is 4. The third kappa shape index (κ3) is 2.72. The molecule has 0 amide bonds. The number of carbonyl (C=O) groups is 2. The van der Waals surface area contributed by atoms with E-state index >= 15 is 0 Å². The summed E-state index contributed by atoms with van der Waals surface area (Å²) >= 11 is 0. The van der Waals surface area contributed by atoms with Gasteiger partial charge in [-0.25, -0.2) is 9.59 Å². The number of fused-ring (bicyclic) bond motifs is 1. The van der Waals surface area contributed by atoms with Crippen LogP contribution in [0.5, 0.6) is 11.5 Å². The number of benzene rings is 3. The summed E-state index contributed by atoms with van der Waals surface area (Å²) in [6, 6.07) is 15.9. The highest BCUT2D eigenvalue weighted by Crippen LogP contribution is 2.31. The van der Waals surface area contributed by atoms with Gasteiger partial charge >= 0.3 is 11.9 Å². The van der Waals surface area contributed by atoms with Gasteiger partial charge in [-0.1, -0.05) is 36.4 Å². The van der Waals surface area contributed by atoms with E-state index in [0.717, 1.165) is 0 Å². The maximum absolute atomic E-state index is 12.4. The monoisotopic (exact) mass is 308 g/mol. The van der Waals surface area contributed by atoms with Crippen molar-refractivity contribution in [1.29, 1.82) is 0 Å². The van der Waals surface area contributed by atoms with E-state index in [-0.39, 0.29) is 22.3 Å². The van der Waals surface area contributed by atoms with Crippen LogP contribution in [0.1, 0.15) is 20.7 Å². The molecule has 3 rings (SSSR count). The van der Waals surface area contributed by atoms with Crippen LogP contribution in [-0.4, -0.2) is 22.2 Å². The molecule has 0 aliphatic rings. The number of carbonyl (C=O) groups excluding carboxylic acids is 1. The fraction of sp³-hybridized carbons (Fsp3) is 0. The van der Waals surface area contributed by atoms with E-state index in [2.05, 4.69) is 0 Å². The third-order valence-corrected chi connectivity index (χ3v) is 3.41. The van der Waals surface area contributed by atoms with Crippen LogP contribution in [0.3, 0.4) is 0 Å². The van der Waals surface area contributed by atoms with Crippen molar-refractivity contribution in [1.82, 2.24) is 0 Å². The van der Waals surface area contributed by atoms with Crippen LogP contribution in [0.15, 0.2) is 60.7 Å². The first-order valence-electron chi connectivity index (χ1n) is 6.83. The van der Waals surface area contributed by atoms with Crippen LogP contribution >= 0.6 is 0 Å². The number of hydrogen-bond donors (Lipinski definition) is 2. The quantitative estimate of drug-likeness (QED) is 0.572. The Balaban J connectivity index is 2.18. The van der Waals surface area contributed by atoms with E-state index in [0.29, 0.717) is 11.1 Å². The number of para-hydroxylation sites is 1. The zero-order chi connectivity index (χ0) is 16.4. The molecule has 0 heterocycles. The lowest BCUT2D eigenvalue weighted by Crippen LogP contribution is -2.11. The number of phenols is 1. The summed E-state index contributed by atoms with van der Waals surface area (Å²) in [4.78, 5) is 23.9. The molecule has 0 saturated heterocycles. The lowest BCUT2D eigenvalue weighted by molar-refractivity contribution is 0.0698. The summed E-state index contributed by atoms with van der Waals surface area (Å²) in [5.74, 6) is -2.02. The number of esters is 1. The van der Waals surface area contributed by atoms with Crippen molar-refractivity contribution in [2.75, 3.05) is 0 Å². The molecule has 114 valence electrons. The molecular formula is C18H12O5. The summed E-state index contributed by atoms with van der Waals surface area (Å²) in [5, 5.41) is 20.1. The van der Waals surface area contributed by atoms with Gasteiger partial charge in [0.25, 0.3) is 0 Å². The zero-order valence-electron chi connectivity index (χ0n) is 11.9. The number of ether oxygens (including phenoxy) is 1. The second-order valence-electron chi connectivity index (χ2n) is 4.87. The number of carboxylic acids is 1. The topological polar surface area (TPSA) is 83.8 Å². The van der Waals surface area contributed by atoms with Crippen molar-refractivity contribution in [3.63, 3.8) is 0 Å². The van der Waals surface area contributed by atoms with Gasteiger partial charge in [-0.15, -0.1) is 0 Å². The minimum Gasteiger partial charge on any atom is -0.507 e. The largest absolute Gasteiger partial charge is 0.507 e. The molecule has 0 aromatic heterocycles. The average Bonchev–Trinajstić information content (AvgIpc) is 2.54. The molecule has 2 N–H and O–H groups in total. The molecule has 0 atom stereocenters. The molecule has 0 spiro atoms. The molecule has 0 radical (unpaired) electrons. The van der Waals surface area contributed by atoms with Gasteiger partial charge in [-0.2, -0.15) is 0 Å². The predicted molar refractivity (Wildman–Crippen MR) is 84.0 cm³/mol. The molecular weight excluding hydrogens is 296 g/mol. The average molecular weight is 308 g/mol. The van der Waals surface area contributed by atoms with Gasteiger partial charge in [-0.05, 0) is 29.7 Å². The minimum atomic E-state index is -1.19. The first-order valence-corrected chi connectivity index (χ1v) is 6.83. The molecule has 23 heavy (non-hydrogen) atoms. The Labute approximate surface area is 131 Å². The van der Waals surface area contributed by atoms with E-state index in [1.807, 2.05) is 0 Å². The number of aromatic hydroxyl groups is 1. The van der Waals surface area contributed by atoms with Crippen LogP contribution in [0.25, 0.3) is 10.8 Å². The summed E-state index contributed by atoms with van der Waals surface area (Å²) in [6.45, 7) is 0. The van der Waals surface area contributed by atoms with E-state index in [9.17, 15) is 19.8 Å². The first kappa shape index (κ1) is 14.6. The zero-order valence-corrected chi connectivity index (χ0v) is 11.9. The maximum atomic E-state index is 12.4. The Bertz CT molecular complexity index is 900. The molecule has 0 saturated carbocycles. The van der Waals surface area contributed by atoms with Crippen LogP contribution < -0.4 is 4.74 Å². The van der Waals surface area contributed by atoms with Crippen LogP contribution in [0.4, 0.5) is 0 Å². The lowest BCUT2D eigenvalue weighted by atomic mass is 9.98. The summed E-state index contributed by atoms with van der Waals surface area (Å²) in [5.41, 5.74) is -0.234. The van der Waals surface area contributed by atoms with Crippen molar-refractivity contribution in [3.8, 4) is 11.5 Å². The van der Waals surface area contributed by atoms with Crippen LogP contribution in [0, 0.1) is 0 Å². The molecule has 5 nitrogen and oxygen atoms in total. The highest BCUT2D eigenvalue weighted by Gasteiger charge is 2.22. The Morgan fingerprint density at radius 2 is 1.61 bits per heavy atom. The van der Waals surface area contributed by atoms with Gasteiger partial charge in [-0.3, -0.25) is 0 Å². The van der Waals surface area contributed by atoms with Crippen molar-refractivity contribution in [3.05, 3.63) is 71.8 Å². The Morgan fingerprint density at radius 1 is 0.870 bits per heavy atom. The molecule has 0 aliphatic carbocycles. The number of aromatic carboxylic acids is 1. The SMILES string of the molecule is O=C(O)c1cccc2ccc(O)c(C(=O)Oc3ccccc3)c12. The van der Waals surface area contributed by atoms with E-state index in [1.54, 1.807) is 48.5 Å². The Morgan fingerprint density at radius 3 is 2.30 bits per heavy atom. The smallest absolute Gasteiger partial charge is 0.347 e. The molecule has 0 aliphatic heterocycles. The maximum Gasteiger partial charge on any atom is 0.347 e. The van der Waals surface area contributed by atoms with Crippen molar-refractivity contribution in [2.24, 2.45) is 0 Å². The van der Waals surface area contributed by atoms with Gasteiger partial charge in [0.05, 0.1) is 5.56 Å². The standard InChI is InChI=1S/C18H12O5/c19-14-10-9-11-5-4-8-13(17(20)21)15(11)16(14)18(22)23-12-6-2-1-3-7-12/h1-10,19H,(H,20,21). The summed E-state index contributed by atoms with van der Waals surface area (Å²) in [6.07, 6.45) is 0. The van der Waals surface area contributed by atoms with E-state index in [4.69, 9.17) is 4.74 Å². The van der Waals surface area contributed by atoms with Gasteiger partial charge in [0, 0.05) is 5.39 Å². The van der Waals surface area contributed by atoms with Crippen LogP contribution in [-0.2, 0) is 0 Å². The molecule has 5 heteroatoms. The van der Waals surface area contributed by atoms with Gasteiger partial charge in [0.2, 0.25) is 0 Å². The normalized spacial score (nSPS) is 10.4. The second kappa shape index (κ2) is 5.81. The molecule has 0 fully saturated rings. The fourth-order valence-corrected chi connectivity index (χ4v) is 2.40. The van der Waals surface area contributed by atoms with Crippen molar-refractivity contribution < 1.29 is 24.5 Å². The van der Waals surface area contributed by atoms with Crippen molar-refractivity contribution in [2.45, 2.75) is 0 Å². The highest BCUT2D eigenvalue weighted by molar-refractivity contribution is 6.14. The summed E-state index contributed by atoms with van der Waals surface area (Å²) < 4.78 is 5.23. The lowest BCUT2D eigenvalue weighted by Gasteiger charge is -2.11. The Hall–Kier alpha value is -3.34. The van der Waals surface area contributed by atoms with Gasteiger partial charge in [0.15, 0.2) is 0 Å². The molecule has 0 unspecified atom stereocenters. The van der Waals surface area contributed by atoms with Crippen molar-refractivity contribution >= 4 is 22.7 Å². The van der Waals surface area contributed by atoms with E-state index in [1.165, 1.54) is 12.1 Å². The number of carboxylic acid groups (broad SMARTS) is 1. The molecule has 0 bridgehead atoms.